The summed E-state index contributed by atoms with van der Waals surface area (Å²) in [6, 6.07) is 11.7. The Hall–Kier alpha value is -2.17. The monoisotopic (exact) mass is 484 g/mol. The zero-order valence-corrected chi connectivity index (χ0v) is 19.0. The van der Waals surface area contributed by atoms with Gasteiger partial charge >= 0.3 is 0 Å². The molecule has 1 atom stereocenters. The molecular formula is C20H22Cl2N4O4S. The van der Waals surface area contributed by atoms with Gasteiger partial charge in [0.05, 0.1) is 16.3 Å². The van der Waals surface area contributed by atoms with E-state index in [9.17, 15) is 18.0 Å². The lowest BCUT2D eigenvalue weighted by Gasteiger charge is -2.28. The van der Waals surface area contributed by atoms with E-state index >= 15 is 0 Å². The molecule has 11 heteroatoms. The summed E-state index contributed by atoms with van der Waals surface area (Å²) in [7, 11) is -3.74. The fourth-order valence-electron chi connectivity index (χ4n) is 3.38. The fourth-order valence-corrected chi connectivity index (χ4v) is 4.66. The van der Waals surface area contributed by atoms with Crippen molar-refractivity contribution in [1.82, 2.24) is 14.5 Å². The summed E-state index contributed by atoms with van der Waals surface area (Å²) in [6.45, 7) is 0.591. The number of halogens is 2. The van der Waals surface area contributed by atoms with Crippen LogP contribution < -0.4 is 11.1 Å². The second kappa shape index (κ2) is 9.54. The number of sulfonamides is 1. The highest BCUT2D eigenvalue weighted by molar-refractivity contribution is 7.88. The van der Waals surface area contributed by atoms with Gasteiger partial charge in [0.15, 0.2) is 6.17 Å². The Kier molecular flexibility index (Phi) is 7.23. The SMILES string of the molecule is CS(=O)(=O)N1CCN(C(=O)c2ccc(Cl)c(Cl)c2)C1C(=O)NCc1cccc(CN)c1. The van der Waals surface area contributed by atoms with Gasteiger partial charge in [-0.2, -0.15) is 4.31 Å². The number of carbonyl (C=O) groups excluding carboxylic acids is 2. The first-order chi connectivity index (χ1) is 14.6. The number of amides is 2. The number of rotatable bonds is 6. The van der Waals surface area contributed by atoms with Crippen LogP contribution in [0.15, 0.2) is 42.5 Å². The van der Waals surface area contributed by atoms with E-state index < -0.39 is 28.0 Å². The summed E-state index contributed by atoms with van der Waals surface area (Å²) < 4.78 is 25.5. The largest absolute Gasteiger partial charge is 0.349 e. The summed E-state index contributed by atoms with van der Waals surface area (Å²) in [6.07, 6.45) is -0.305. The lowest BCUT2D eigenvalue weighted by atomic mass is 10.1. The van der Waals surface area contributed by atoms with Crippen molar-refractivity contribution in [2.75, 3.05) is 19.3 Å². The normalized spacial score (nSPS) is 17.0. The number of hydrogen-bond acceptors (Lipinski definition) is 5. The maximum Gasteiger partial charge on any atom is 0.259 e. The molecule has 1 fully saturated rings. The highest BCUT2D eigenvalue weighted by Gasteiger charge is 2.44. The van der Waals surface area contributed by atoms with Crippen LogP contribution >= 0.6 is 23.2 Å². The van der Waals surface area contributed by atoms with Crippen molar-refractivity contribution < 1.29 is 18.0 Å². The van der Waals surface area contributed by atoms with E-state index in [1.807, 2.05) is 24.3 Å². The number of benzene rings is 2. The Morgan fingerprint density at radius 1 is 1.10 bits per heavy atom. The average molecular weight is 485 g/mol. The van der Waals surface area contributed by atoms with Crippen LogP contribution in [-0.2, 0) is 27.9 Å². The van der Waals surface area contributed by atoms with Crippen LogP contribution in [0.2, 0.25) is 10.0 Å². The smallest absolute Gasteiger partial charge is 0.259 e. The van der Waals surface area contributed by atoms with Gasteiger partial charge in [-0.1, -0.05) is 47.5 Å². The molecular weight excluding hydrogens is 463 g/mol. The zero-order chi connectivity index (χ0) is 22.8. The summed E-state index contributed by atoms with van der Waals surface area (Å²) >= 11 is 11.9. The number of hydrogen-bond donors (Lipinski definition) is 2. The van der Waals surface area contributed by atoms with Gasteiger partial charge in [0, 0.05) is 31.7 Å². The lowest BCUT2D eigenvalue weighted by Crippen LogP contribution is -2.53. The van der Waals surface area contributed by atoms with E-state index in [0.717, 1.165) is 21.7 Å². The summed E-state index contributed by atoms with van der Waals surface area (Å²) in [4.78, 5) is 27.3. The van der Waals surface area contributed by atoms with Crippen LogP contribution in [0.1, 0.15) is 21.5 Å². The third-order valence-corrected chi connectivity index (χ3v) is 6.88. The van der Waals surface area contributed by atoms with Crippen molar-refractivity contribution in [2.24, 2.45) is 5.73 Å². The van der Waals surface area contributed by atoms with Crippen molar-refractivity contribution >= 4 is 45.0 Å². The Morgan fingerprint density at radius 2 is 1.81 bits per heavy atom. The summed E-state index contributed by atoms with van der Waals surface area (Å²) in [5.74, 6) is -1.12. The van der Waals surface area contributed by atoms with Gasteiger partial charge in [-0.05, 0) is 29.3 Å². The lowest BCUT2D eigenvalue weighted by molar-refractivity contribution is -0.127. The van der Waals surface area contributed by atoms with Crippen LogP contribution in [0.25, 0.3) is 0 Å². The van der Waals surface area contributed by atoms with Crippen LogP contribution in [0.4, 0.5) is 0 Å². The average Bonchev–Trinajstić information content (AvgIpc) is 3.19. The molecule has 3 N–H and O–H groups in total. The minimum Gasteiger partial charge on any atom is -0.349 e. The second-order valence-electron chi connectivity index (χ2n) is 7.12. The van der Waals surface area contributed by atoms with Crippen LogP contribution in [0.3, 0.4) is 0 Å². The van der Waals surface area contributed by atoms with Gasteiger partial charge in [-0.25, -0.2) is 8.42 Å². The predicted octanol–water partition coefficient (Wildman–Crippen LogP) is 1.81. The molecule has 1 aliphatic heterocycles. The molecule has 0 spiro atoms. The zero-order valence-electron chi connectivity index (χ0n) is 16.7. The molecule has 0 aliphatic carbocycles. The number of nitrogens with one attached hydrogen (secondary N) is 1. The van der Waals surface area contributed by atoms with Crippen molar-refractivity contribution in [2.45, 2.75) is 19.3 Å². The Balaban J connectivity index is 1.84. The second-order valence-corrected chi connectivity index (χ2v) is 9.87. The molecule has 2 aromatic rings. The summed E-state index contributed by atoms with van der Waals surface area (Å²) in [5.41, 5.74) is 7.56. The van der Waals surface area contributed by atoms with Gasteiger partial charge in [-0.3, -0.25) is 9.59 Å². The molecule has 2 amide bonds. The van der Waals surface area contributed by atoms with Crippen molar-refractivity contribution in [3.63, 3.8) is 0 Å². The molecule has 3 rings (SSSR count). The van der Waals surface area contributed by atoms with E-state index in [2.05, 4.69) is 5.32 Å². The fraction of sp³-hybridized carbons (Fsp3) is 0.300. The molecule has 1 heterocycles. The molecule has 0 radical (unpaired) electrons. The van der Waals surface area contributed by atoms with Crippen LogP contribution in [0, 0.1) is 0 Å². The Labute approximate surface area is 191 Å². The highest BCUT2D eigenvalue weighted by Crippen LogP contribution is 2.26. The van der Waals surface area contributed by atoms with E-state index in [1.165, 1.54) is 23.1 Å². The molecule has 2 aromatic carbocycles. The van der Waals surface area contributed by atoms with E-state index in [1.54, 1.807) is 0 Å². The molecule has 8 nitrogen and oxygen atoms in total. The third kappa shape index (κ3) is 5.36. The molecule has 0 bridgehead atoms. The van der Waals surface area contributed by atoms with Gasteiger partial charge in [-0.15, -0.1) is 0 Å². The quantitative estimate of drug-likeness (QED) is 0.648. The Bertz CT molecular complexity index is 1110. The topological polar surface area (TPSA) is 113 Å². The first-order valence-electron chi connectivity index (χ1n) is 9.40. The molecule has 0 saturated carbocycles. The minimum absolute atomic E-state index is 0.00659. The maximum absolute atomic E-state index is 13.1. The molecule has 1 aliphatic rings. The van der Waals surface area contributed by atoms with Gasteiger partial charge in [0.25, 0.3) is 11.8 Å². The van der Waals surface area contributed by atoms with Gasteiger partial charge in [0.1, 0.15) is 0 Å². The molecule has 166 valence electrons. The Morgan fingerprint density at radius 3 is 2.45 bits per heavy atom. The van der Waals surface area contributed by atoms with Gasteiger partial charge in [0.2, 0.25) is 10.0 Å². The molecule has 0 aromatic heterocycles. The van der Waals surface area contributed by atoms with Crippen molar-refractivity contribution in [3.8, 4) is 0 Å². The first-order valence-corrected chi connectivity index (χ1v) is 12.0. The van der Waals surface area contributed by atoms with Gasteiger partial charge < -0.3 is 16.0 Å². The van der Waals surface area contributed by atoms with Crippen molar-refractivity contribution in [1.29, 1.82) is 0 Å². The first kappa shape index (κ1) is 23.5. The standard InChI is InChI=1S/C20H22Cl2N4O4S/c1-31(29,30)26-8-7-25(20(28)15-5-6-16(21)17(22)10-15)19(26)18(27)24-12-14-4-2-3-13(9-14)11-23/h2-6,9-10,19H,7-8,11-12,23H2,1H3,(H,24,27). The predicted molar refractivity (Wildman–Crippen MR) is 119 cm³/mol. The van der Waals surface area contributed by atoms with Crippen LogP contribution in [0.5, 0.6) is 0 Å². The minimum atomic E-state index is -3.74. The number of nitrogens with two attached hydrogens (primary N) is 1. The maximum atomic E-state index is 13.1. The number of carbonyl (C=O) groups is 2. The number of nitrogens with zero attached hydrogens (tertiary/aromatic N) is 2. The highest BCUT2D eigenvalue weighted by atomic mass is 35.5. The van der Waals surface area contributed by atoms with E-state index in [-0.39, 0.29) is 35.2 Å². The molecule has 31 heavy (non-hydrogen) atoms. The van der Waals surface area contributed by atoms with E-state index in [0.29, 0.717) is 6.54 Å². The van der Waals surface area contributed by atoms with Crippen LogP contribution in [-0.4, -0.2) is 54.9 Å². The van der Waals surface area contributed by atoms with E-state index in [4.69, 9.17) is 28.9 Å². The van der Waals surface area contributed by atoms with Crippen molar-refractivity contribution in [3.05, 3.63) is 69.2 Å². The molecule has 1 unspecified atom stereocenters. The summed E-state index contributed by atoms with van der Waals surface area (Å²) in [5, 5.41) is 3.20. The molecule has 1 saturated heterocycles. The third-order valence-electron chi connectivity index (χ3n) is 4.91.